The van der Waals surface area contributed by atoms with Crippen LogP contribution in [-0.4, -0.2) is 31.0 Å². The number of ether oxygens (including phenoxy) is 1. The summed E-state index contributed by atoms with van der Waals surface area (Å²) in [5, 5.41) is 6.67. The van der Waals surface area contributed by atoms with Crippen molar-refractivity contribution in [1.82, 2.24) is 10.6 Å². The number of carbonyl (C=O) groups is 2. The van der Waals surface area contributed by atoms with E-state index in [4.69, 9.17) is 9.15 Å². The number of carbonyl (C=O) groups excluding carboxylic acids is 2. The molecule has 0 saturated heterocycles. The molecule has 1 saturated carbocycles. The van der Waals surface area contributed by atoms with E-state index in [1.165, 1.54) is 0 Å². The Bertz CT molecular complexity index is 941. The van der Waals surface area contributed by atoms with E-state index in [1.54, 1.807) is 6.07 Å². The van der Waals surface area contributed by atoms with Crippen LogP contribution < -0.4 is 15.4 Å². The Kier molecular flexibility index (Phi) is 5.28. The Labute approximate surface area is 162 Å². The van der Waals surface area contributed by atoms with Crippen LogP contribution in [0.3, 0.4) is 0 Å². The molecule has 6 nitrogen and oxygen atoms in total. The third kappa shape index (κ3) is 4.71. The lowest BCUT2D eigenvalue weighted by atomic mass is 10.1. The van der Waals surface area contributed by atoms with Crippen molar-refractivity contribution in [1.29, 1.82) is 0 Å². The first-order chi connectivity index (χ1) is 13.7. The Morgan fingerprint density at radius 3 is 2.61 bits per heavy atom. The standard InChI is InChI=1S/C22H22N2O4/c25-21(24-17-7-8-17)14-27-18-9-5-15(6-10-18)11-12-23-22(26)20-13-16-3-1-2-4-19(16)28-20/h1-6,9-10,13,17H,7-8,11-12,14H2,(H,23,26)(H,24,25). The number of amides is 2. The van der Waals surface area contributed by atoms with Crippen LogP contribution >= 0.6 is 0 Å². The maximum atomic E-state index is 12.2. The van der Waals surface area contributed by atoms with Gasteiger partial charge in [-0.1, -0.05) is 30.3 Å². The lowest BCUT2D eigenvalue weighted by Crippen LogP contribution is -2.30. The van der Waals surface area contributed by atoms with Crippen LogP contribution in [-0.2, 0) is 11.2 Å². The van der Waals surface area contributed by atoms with Crippen LogP contribution in [0.5, 0.6) is 5.75 Å². The number of fused-ring (bicyclic) bond motifs is 1. The zero-order valence-corrected chi connectivity index (χ0v) is 15.4. The van der Waals surface area contributed by atoms with Gasteiger partial charge in [-0.05, 0) is 49.1 Å². The minimum absolute atomic E-state index is 0.0312. The molecule has 2 N–H and O–H groups in total. The van der Waals surface area contributed by atoms with Gasteiger partial charge in [0.05, 0.1) is 0 Å². The maximum Gasteiger partial charge on any atom is 0.287 e. The van der Waals surface area contributed by atoms with Crippen molar-refractivity contribution >= 4 is 22.8 Å². The Balaban J connectivity index is 1.22. The fourth-order valence-electron chi connectivity index (χ4n) is 2.90. The molecule has 1 aromatic heterocycles. The van der Waals surface area contributed by atoms with E-state index in [2.05, 4.69) is 10.6 Å². The third-order valence-corrected chi connectivity index (χ3v) is 4.58. The quantitative estimate of drug-likeness (QED) is 0.631. The van der Waals surface area contributed by atoms with E-state index in [0.717, 1.165) is 23.8 Å². The number of hydrogen-bond donors (Lipinski definition) is 2. The summed E-state index contributed by atoms with van der Waals surface area (Å²) in [6.07, 6.45) is 2.81. The number of benzene rings is 2. The zero-order valence-electron chi connectivity index (χ0n) is 15.4. The number of rotatable bonds is 8. The van der Waals surface area contributed by atoms with E-state index in [9.17, 15) is 9.59 Å². The first kappa shape index (κ1) is 18.1. The fourth-order valence-corrected chi connectivity index (χ4v) is 2.90. The summed E-state index contributed by atoms with van der Waals surface area (Å²) in [5.74, 6) is 0.660. The van der Waals surface area contributed by atoms with Gasteiger partial charge >= 0.3 is 0 Å². The SMILES string of the molecule is O=C(COc1ccc(CCNC(=O)c2cc3ccccc3o2)cc1)NC1CC1. The molecule has 28 heavy (non-hydrogen) atoms. The molecule has 0 bridgehead atoms. The molecule has 1 aliphatic carbocycles. The summed E-state index contributed by atoms with van der Waals surface area (Å²) in [6, 6.07) is 17.2. The molecule has 2 amide bonds. The monoisotopic (exact) mass is 378 g/mol. The van der Waals surface area contributed by atoms with Crippen LogP contribution in [0.25, 0.3) is 11.0 Å². The highest BCUT2D eigenvalue weighted by Crippen LogP contribution is 2.19. The van der Waals surface area contributed by atoms with Crippen molar-refractivity contribution in [3.05, 3.63) is 65.9 Å². The third-order valence-electron chi connectivity index (χ3n) is 4.58. The number of hydrogen-bond acceptors (Lipinski definition) is 4. The van der Waals surface area contributed by atoms with Gasteiger partial charge in [-0.2, -0.15) is 0 Å². The summed E-state index contributed by atoms with van der Waals surface area (Å²) in [5.41, 5.74) is 1.77. The van der Waals surface area contributed by atoms with Gasteiger partial charge in [-0.15, -0.1) is 0 Å². The van der Waals surface area contributed by atoms with Gasteiger partial charge in [0.15, 0.2) is 12.4 Å². The average molecular weight is 378 g/mol. The molecule has 0 spiro atoms. The molecule has 0 radical (unpaired) electrons. The van der Waals surface area contributed by atoms with Crippen LogP contribution in [0.1, 0.15) is 29.0 Å². The van der Waals surface area contributed by atoms with Crippen LogP contribution in [0.15, 0.2) is 59.0 Å². The van der Waals surface area contributed by atoms with Crippen molar-refractivity contribution in [2.45, 2.75) is 25.3 Å². The smallest absolute Gasteiger partial charge is 0.287 e. The fraction of sp³-hybridized carbons (Fsp3) is 0.273. The zero-order chi connectivity index (χ0) is 19.3. The number of nitrogens with one attached hydrogen (secondary N) is 2. The van der Waals surface area contributed by atoms with Gasteiger partial charge < -0.3 is 19.8 Å². The Morgan fingerprint density at radius 1 is 1.07 bits per heavy atom. The first-order valence-corrected chi connectivity index (χ1v) is 9.45. The Hall–Kier alpha value is -3.28. The minimum atomic E-state index is -0.224. The number of para-hydroxylation sites is 1. The van der Waals surface area contributed by atoms with Crippen molar-refractivity contribution in [3.63, 3.8) is 0 Å². The van der Waals surface area contributed by atoms with E-state index in [-0.39, 0.29) is 18.4 Å². The summed E-state index contributed by atoms with van der Waals surface area (Å²) in [6.45, 7) is 0.531. The molecule has 1 aliphatic rings. The molecular formula is C22H22N2O4. The molecular weight excluding hydrogens is 356 g/mol. The average Bonchev–Trinajstić information content (AvgIpc) is 3.41. The molecule has 1 fully saturated rings. The molecule has 1 heterocycles. The van der Waals surface area contributed by atoms with Gasteiger partial charge in [0, 0.05) is 18.0 Å². The maximum absolute atomic E-state index is 12.2. The van der Waals surface area contributed by atoms with Gasteiger partial charge in [0.2, 0.25) is 0 Å². The predicted octanol–water partition coefficient (Wildman–Crippen LogP) is 3.06. The van der Waals surface area contributed by atoms with Crippen molar-refractivity contribution < 1.29 is 18.7 Å². The highest BCUT2D eigenvalue weighted by molar-refractivity contribution is 5.96. The molecule has 144 valence electrons. The van der Waals surface area contributed by atoms with Gasteiger partial charge in [0.25, 0.3) is 11.8 Å². The second kappa shape index (κ2) is 8.17. The first-order valence-electron chi connectivity index (χ1n) is 9.45. The highest BCUT2D eigenvalue weighted by Gasteiger charge is 2.23. The van der Waals surface area contributed by atoms with Gasteiger partial charge in [0.1, 0.15) is 11.3 Å². The second-order valence-electron chi connectivity index (χ2n) is 6.93. The summed E-state index contributed by atoms with van der Waals surface area (Å²) in [7, 11) is 0. The molecule has 0 unspecified atom stereocenters. The van der Waals surface area contributed by atoms with E-state index < -0.39 is 0 Å². The highest BCUT2D eigenvalue weighted by atomic mass is 16.5. The van der Waals surface area contributed by atoms with Gasteiger partial charge in [-0.3, -0.25) is 9.59 Å². The predicted molar refractivity (Wildman–Crippen MR) is 105 cm³/mol. The summed E-state index contributed by atoms with van der Waals surface area (Å²) >= 11 is 0. The van der Waals surface area contributed by atoms with Crippen LogP contribution in [0.2, 0.25) is 0 Å². The van der Waals surface area contributed by atoms with Crippen molar-refractivity contribution in [3.8, 4) is 5.75 Å². The molecule has 6 heteroatoms. The van der Waals surface area contributed by atoms with Crippen molar-refractivity contribution in [2.75, 3.05) is 13.2 Å². The second-order valence-corrected chi connectivity index (χ2v) is 6.93. The van der Waals surface area contributed by atoms with Crippen LogP contribution in [0.4, 0.5) is 0 Å². The van der Waals surface area contributed by atoms with E-state index in [1.807, 2.05) is 48.5 Å². The molecule has 0 aliphatic heterocycles. The molecule has 2 aromatic carbocycles. The largest absolute Gasteiger partial charge is 0.484 e. The van der Waals surface area contributed by atoms with E-state index in [0.29, 0.717) is 36.1 Å². The molecule has 4 rings (SSSR count). The molecule has 3 aromatic rings. The normalized spacial score (nSPS) is 13.3. The van der Waals surface area contributed by atoms with E-state index >= 15 is 0 Å². The lowest BCUT2D eigenvalue weighted by Gasteiger charge is -2.08. The number of furan rings is 1. The van der Waals surface area contributed by atoms with Crippen LogP contribution in [0, 0.1) is 0 Å². The summed E-state index contributed by atoms with van der Waals surface area (Å²) in [4.78, 5) is 23.9. The summed E-state index contributed by atoms with van der Waals surface area (Å²) < 4.78 is 11.0. The van der Waals surface area contributed by atoms with Crippen molar-refractivity contribution in [2.24, 2.45) is 0 Å². The molecule has 0 atom stereocenters. The minimum Gasteiger partial charge on any atom is -0.484 e. The lowest BCUT2D eigenvalue weighted by molar-refractivity contribution is -0.123. The van der Waals surface area contributed by atoms with Gasteiger partial charge in [-0.25, -0.2) is 0 Å². The Morgan fingerprint density at radius 2 is 1.86 bits per heavy atom. The topological polar surface area (TPSA) is 80.6 Å².